The van der Waals surface area contributed by atoms with Gasteiger partial charge < -0.3 is 25.0 Å². The lowest BCUT2D eigenvalue weighted by atomic mass is 10.1. The summed E-state index contributed by atoms with van der Waals surface area (Å²) in [5, 5.41) is 12.5. The molecule has 0 spiro atoms. The van der Waals surface area contributed by atoms with Gasteiger partial charge in [0.1, 0.15) is 5.75 Å². The highest BCUT2D eigenvalue weighted by Gasteiger charge is 2.28. The molecule has 2 aliphatic rings. The summed E-state index contributed by atoms with van der Waals surface area (Å²) in [6.07, 6.45) is 2.12. The number of carbonyl (C=O) groups excluding carboxylic acids is 2. The summed E-state index contributed by atoms with van der Waals surface area (Å²) in [6, 6.07) is 6.22. The standard InChI is InChI=1S/C18H25N3O4/c1-13(16-6-3-11-25-16)19-18(24)21-9-7-20(8-10-21)17(23)14-4-2-5-15(22)12-14/h2,4-5,12-13,16,22H,3,6-11H2,1H3,(H,19,24)/t13-,16+/m1/s1. The van der Waals surface area contributed by atoms with Crippen molar-refractivity contribution in [3.05, 3.63) is 29.8 Å². The van der Waals surface area contributed by atoms with Gasteiger partial charge in [-0.05, 0) is 38.0 Å². The SMILES string of the molecule is C[C@@H](NC(=O)N1CCN(C(=O)c2cccc(O)c2)CC1)[C@@H]1CCCO1. The van der Waals surface area contributed by atoms with Gasteiger partial charge in [0.25, 0.3) is 5.91 Å². The summed E-state index contributed by atoms with van der Waals surface area (Å²) in [5.74, 6) is -0.0457. The summed E-state index contributed by atoms with van der Waals surface area (Å²) in [4.78, 5) is 28.3. The molecule has 0 saturated carbocycles. The third-order valence-electron chi connectivity index (χ3n) is 4.82. The van der Waals surface area contributed by atoms with Crippen molar-refractivity contribution in [2.45, 2.75) is 31.9 Å². The number of urea groups is 1. The van der Waals surface area contributed by atoms with E-state index < -0.39 is 0 Å². The molecule has 2 N–H and O–H groups in total. The lowest BCUT2D eigenvalue weighted by molar-refractivity contribution is 0.0642. The van der Waals surface area contributed by atoms with Gasteiger partial charge in [0, 0.05) is 38.3 Å². The molecule has 2 atom stereocenters. The molecule has 2 saturated heterocycles. The zero-order chi connectivity index (χ0) is 17.8. The summed E-state index contributed by atoms with van der Waals surface area (Å²) < 4.78 is 5.60. The van der Waals surface area contributed by atoms with Gasteiger partial charge in [0.15, 0.2) is 0 Å². The second-order valence-electron chi connectivity index (χ2n) is 6.62. The fourth-order valence-corrected chi connectivity index (χ4v) is 3.31. The number of carbonyl (C=O) groups is 2. The Morgan fingerprint density at radius 2 is 1.96 bits per heavy atom. The molecule has 7 heteroatoms. The molecule has 2 aliphatic heterocycles. The number of rotatable bonds is 3. The molecule has 136 valence electrons. The predicted molar refractivity (Wildman–Crippen MR) is 92.6 cm³/mol. The van der Waals surface area contributed by atoms with E-state index in [0.717, 1.165) is 19.4 Å². The van der Waals surface area contributed by atoms with Crippen molar-refractivity contribution in [3.63, 3.8) is 0 Å². The number of hydrogen-bond donors (Lipinski definition) is 2. The Balaban J connectivity index is 1.49. The van der Waals surface area contributed by atoms with E-state index in [4.69, 9.17) is 4.74 Å². The Bertz CT molecular complexity index is 623. The van der Waals surface area contributed by atoms with Crippen LogP contribution in [0.15, 0.2) is 24.3 Å². The van der Waals surface area contributed by atoms with Crippen LogP contribution >= 0.6 is 0 Å². The number of hydrogen-bond acceptors (Lipinski definition) is 4. The molecule has 2 fully saturated rings. The summed E-state index contributed by atoms with van der Waals surface area (Å²) in [7, 11) is 0. The normalized spacial score (nSPS) is 21.9. The van der Waals surface area contributed by atoms with Crippen LogP contribution in [-0.2, 0) is 4.74 Å². The molecule has 25 heavy (non-hydrogen) atoms. The zero-order valence-electron chi connectivity index (χ0n) is 14.5. The number of benzene rings is 1. The molecule has 0 aromatic heterocycles. The molecule has 2 heterocycles. The molecule has 0 bridgehead atoms. The van der Waals surface area contributed by atoms with Gasteiger partial charge >= 0.3 is 6.03 Å². The third kappa shape index (κ3) is 4.22. The average Bonchev–Trinajstić information content (AvgIpc) is 3.16. The van der Waals surface area contributed by atoms with E-state index in [-0.39, 0.29) is 29.8 Å². The van der Waals surface area contributed by atoms with Crippen LogP contribution in [-0.4, -0.2) is 71.8 Å². The van der Waals surface area contributed by atoms with Crippen LogP contribution in [0, 0.1) is 0 Å². The molecule has 0 unspecified atom stereocenters. The highest BCUT2D eigenvalue weighted by molar-refractivity contribution is 5.94. The van der Waals surface area contributed by atoms with Gasteiger partial charge in [0.05, 0.1) is 12.1 Å². The van der Waals surface area contributed by atoms with Gasteiger partial charge in [-0.1, -0.05) is 6.07 Å². The maximum Gasteiger partial charge on any atom is 0.317 e. The lowest BCUT2D eigenvalue weighted by Crippen LogP contribution is -2.55. The first-order valence-electron chi connectivity index (χ1n) is 8.80. The molecular weight excluding hydrogens is 322 g/mol. The highest BCUT2D eigenvalue weighted by atomic mass is 16.5. The Hall–Kier alpha value is -2.28. The molecular formula is C18H25N3O4. The van der Waals surface area contributed by atoms with Gasteiger partial charge in [-0.3, -0.25) is 4.79 Å². The van der Waals surface area contributed by atoms with E-state index in [1.165, 1.54) is 12.1 Å². The van der Waals surface area contributed by atoms with Crippen LogP contribution in [0.3, 0.4) is 0 Å². The first-order chi connectivity index (χ1) is 12.0. The van der Waals surface area contributed by atoms with Gasteiger partial charge in [0.2, 0.25) is 0 Å². The Morgan fingerprint density at radius 1 is 1.24 bits per heavy atom. The number of piperazine rings is 1. The molecule has 1 aromatic carbocycles. The number of phenolic OH excluding ortho intramolecular Hbond substituents is 1. The highest BCUT2D eigenvalue weighted by Crippen LogP contribution is 2.17. The molecule has 7 nitrogen and oxygen atoms in total. The predicted octanol–water partition coefficient (Wildman–Crippen LogP) is 1.43. The van der Waals surface area contributed by atoms with E-state index in [1.807, 2.05) is 6.92 Å². The van der Waals surface area contributed by atoms with Crippen LogP contribution in [0.1, 0.15) is 30.1 Å². The van der Waals surface area contributed by atoms with E-state index >= 15 is 0 Å². The maximum absolute atomic E-state index is 12.5. The largest absolute Gasteiger partial charge is 0.508 e. The van der Waals surface area contributed by atoms with Crippen molar-refractivity contribution < 1.29 is 19.4 Å². The van der Waals surface area contributed by atoms with Crippen molar-refractivity contribution in [1.82, 2.24) is 15.1 Å². The molecule has 0 aliphatic carbocycles. The van der Waals surface area contributed by atoms with E-state index in [1.54, 1.807) is 21.9 Å². The Morgan fingerprint density at radius 3 is 2.60 bits per heavy atom. The second-order valence-corrected chi connectivity index (χ2v) is 6.62. The minimum Gasteiger partial charge on any atom is -0.508 e. The Labute approximate surface area is 147 Å². The van der Waals surface area contributed by atoms with E-state index in [0.29, 0.717) is 31.7 Å². The van der Waals surface area contributed by atoms with Crippen molar-refractivity contribution in [2.75, 3.05) is 32.8 Å². The monoisotopic (exact) mass is 347 g/mol. The smallest absolute Gasteiger partial charge is 0.317 e. The molecule has 0 radical (unpaired) electrons. The minimum atomic E-state index is -0.122. The van der Waals surface area contributed by atoms with Crippen molar-refractivity contribution >= 4 is 11.9 Å². The van der Waals surface area contributed by atoms with Gasteiger partial charge in [-0.15, -0.1) is 0 Å². The van der Waals surface area contributed by atoms with E-state index in [2.05, 4.69) is 5.32 Å². The number of aromatic hydroxyl groups is 1. The molecule has 3 rings (SSSR count). The van der Waals surface area contributed by atoms with Crippen LogP contribution in [0.5, 0.6) is 5.75 Å². The maximum atomic E-state index is 12.5. The molecule has 1 aromatic rings. The number of nitrogens with one attached hydrogen (secondary N) is 1. The topological polar surface area (TPSA) is 82.1 Å². The first kappa shape index (κ1) is 17.5. The van der Waals surface area contributed by atoms with Gasteiger partial charge in [-0.25, -0.2) is 4.79 Å². The first-order valence-corrected chi connectivity index (χ1v) is 8.80. The number of nitrogens with zero attached hydrogens (tertiary/aromatic N) is 2. The van der Waals surface area contributed by atoms with Crippen molar-refractivity contribution in [2.24, 2.45) is 0 Å². The zero-order valence-corrected chi connectivity index (χ0v) is 14.5. The minimum absolute atomic E-state index is 0.0121. The summed E-state index contributed by atoms with van der Waals surface area (Å²) >= 11 is 0. The van der Waals surface area contributed by atoms with Crippen molar-refractivity contribution in [3.8, 4) is 5.75 Å². The second kappa shape index (κ2) is 7.74. The quantitative estimate of drug-likeness (QED) is 0.867. The lowest BCUT2D eigenvalue weighted by Gasteiger charge is -2.35. The number of phenols is 1. The third-order valence-corrected chi connectivity index (χ3v) is 4.82. The van der Waals surface area contributed by atoms with Crippen LogP contribution < -0.4 is 5.32 Å². The van der Waals surface area contributed by atoms with Crippen LogP contribution in [0.2, 0.25) is 0 Å². The average molecular weight is 347 g/mol. The fourth-order valence-electron chi connectivity index (χ4n) is 3.31. The summed E-state index contributed by atoms with van der Waals surface area (Å²) in [6.45, 7) is 4.69. The number of amides is 3. The Kier molecular flexibility index (Phi) is 5.43. The van der Waals surface area contributed by atoms with Crippen LogP contribution in [0.25, 0.3) is 0 Å². The van der Waals surface area contributed by atoms with E-state index in [9.17, 15) is 14.7 Å². The number of ether oxygens (including phenoxy) is 1. The van der Waals surface area contributed by atoms with Crippen molar-refractivity contribution in [1.29, 1.82) is 0 Å². The van der Waals surface area contributed by atoms with Crippen LogP contribution in [0.4, 0.5) is 4.79 Å². The molecule has 3 amide bonds. The van der Waals surface area contributed by atoms with Gasteiger partial charge in [-0.2, -0.15) is 0 Å². The fraction of sp³-hybridized carbons (Fsp3) is 0.556. The summed E-state index contributed by atoms with van der Waals surface area (Å²) in [5.41, 5.74) is 0.463.